The van der Waals surface area contributed by atoms with Crippen molar-refractivity contribution in [3.05, 3.63) is 41.1 Å². The summed E-state index contributed by atoms with van der Waals surface area (Å²) in [7, 11) is 3.31. The highest BCUT2D eigenvalue weighted by molar-refractivity contribution is 7.80. The lowest BCUT2D eigenvalue weighted by atomic mass is 9.95. The van der Waals surface area contributed by atoms with Gasteiger partial charge in [-0.25, -0.2) is 4.79 Å². The molecule has 1 aliphatic heterocycles. The van der Waals surface area contributed by atoms with Gasteiger partial charge in [0.2, 0.25) is 0 Å². The molecule has 0 aromatic heterocycles. The van der Waals surface area contributed by atoms with E-state index in [0.717, 1.165) is 5.56 Å². The molecule has 1 atom stereocenters. The molecule has 1 aliphatic rings. The molecule has 0 saturated carbocycles. The number of allylic oxidation sites excluding steroid dienone is 1. The van der Waals surface area contributed by atoms with E-state index < -0.39 is 22.8 Å². The number of anilines is 1. The molecule has 1 heterocycles. The van der Waals surface area contributed by atoms with E-state index in [1.54, 1.807) is 36.2 Å². The van der Waals surface area contributed by atoms with Crippen LogP contribution in [-0.4, -0.2) is 54.1 Å². The number of alkyl halides is 2. The summed E-state index contributed by atoms with van der Waals surface area (Å²) in [6.07, 6.45) is 0. The zero-order valence-electron chi connectivity index (χ0n) is 15.6. The standard InChI is InChI=1S/C18H21Cl2N3O4S/c1-10-13(17(25)27-9-8-26-3)14(22-18(28)23(10)2)11-4-6-12(7-5-11)21-16(24)15(19)20/h4-7,14-15H,8-9H2,1-3H3,(H,21,24)(H,22,28). The van der Waals surface area contributed by atoms with Crippen LogP contribution in [0.4, 0.5) is 5.69 Å². The number of carbonyl (C=O) groups excluding carboxylic acids is 2. The maximum Gasteiger partial charge on any atom is 0.338 e. The molecular formula is C18H21Cl2N3O4S. The van der Waals surface area contributed by atoms with Gasteiger partial charge in [0.15, 0.2) is 9.95 Å². The molecule has 0 saturated heterocycles. The molecular weight excluding hydrogens is 425 g/mol. The Bertz CT molecular complexity index is 784. The largest absolute Gasteiger partial charge is 0.460 e. The molecule has 2 rings (SSSR count). The monoisotopic (exact) mass is 445 g/mol. The van der Waals surface area contributed by atoms with Gasteiger partial charge in [-0.1, -0.05) is 35.3 Å². The third-order valence-corrected chi connectivity index (χ3v) is 4.99. The molecule has 0 spiro atoms. The summed E-state index contributed by atoms with van der Waals surface area (Å²) < 4.78 is 10.2. The Kier molecular flexibility index (Phi) is 8.06. The minimum atomic E-state index is -1.16. The topological polar surface area (TPSA) is 79.9 Å². The number of benzene rings is 1. The predicted molar refractivity (Wildman–Crippen MR) is 112 cm³/mol. The first kappa shape index (κ1) is 22.4. The molecule has 0 aliphatic carbocycles. The maximum atomic E-state index is 12.7. The number of hydrogen-bond donors (Lipinski definition) is 2. The van der Waals surface area contributed by atoms with Crippen LogP contribution in [0, 0.1) is 0 Å². The Balaban J connectivity index is 2.28. The van der Waals surface area contributed by atoms with Crippen molar-refractivity contribution in [2.75, 3.05) is 32.7 Å². The number of amides is 1. The van der Waals surface area contributed by atoms with Crippen molar-refractivity contribution in [2.45, 2.75) is 17.8 Å². The van der Waals surface area contributed by atoms with Gasteiger partial charge in [0.05, 0.1) is 18.2 Å². The van der Waals surface area contributed by atoms with Crippen LogP contribution in [-0.2, 0) is 19.1 Å². The van der Waals surface area contributed by atoms with Gasteiger partial charge >= 0.3 is 5.97 Å². The van der Waals surface area contributed by atoms with Crippen molar-refractivity contribution in [2.24, 2.45) is 0 Å². The summed E-state index contributed by atoms with van der Waals surface area (Å²) in [5.74, 6) is -0.973. The summed E-state index contributed by atoms with van der Waals surface area (Å²) in [5.41, 5.74) is 2.45. The summed E-state index contributed by atoms with van der Waals surface area (Å²) in [5, 5.41) is 6.23. The van der Waals surface area contributed by atoms with Crippen LogP contribution >= 0.6 is 35.4 Å². The van der Waals surface area contributed by atoms with Crippen molar-refractivity contribution >= 4 is 58.1 Å². The van der Waals surface area contributed by atoms with Crippen LogP contribution in [0.25, 0.3) is 0 Å². The second-order valence-corrected chi connectivity index (χ2v) is 7.46. The molecule has 152 valence electrons. The zero-order valence-corrected chi connectivity index (χ0v) is 18.0. The summed E-state index contributed by atoms with van der Waals surface area (Å²) >= 11 is 16.4. The van der Waals surface area contributed by atoms with Gasteiger partial charge in [0.1, 0.15) is 6.61 Å². The Labute approximate surface area is 178 Å². The van der Waals surface area contributed by atoms with Crippen molar-refractivity contribution < 1.29 is 19.1 Å². The average molecular weight is 446 g/mol. The quantitative estimate of drug-likeness (QED) is 0.289. The lowest BCUT2D eigenvalue weighted by Gasteiger charge is -2.35. The Morgan fingerprint density at radius 3 is 2.50 bits per heavy atom. The molecule has 0 radical (unpaired) electrons. The number of methoxy groups -OCH3 is 1. The highest BCUT2D eigenvalue weighted by Gasteiger charge is 2.33. The van der Waals surface area contributed by atoms with Crippen LogP contribution in [0.1, 0.15) is 18.5 Å². The number of ether oxygens (including phenoxy) is 2. The van der Waals surface area contributed by atoms with Gasteiger partial charge in [-0.05, 0) is 36.8 Å². The second kappa shape index (κ2) is 10.1. The first-order chi connectivity index (χ1) is 13.3. The van der Waals surface area contributed by atoms with E-state index in [0.29, 0.717) is 28.7 Å². The van der Waals surface area contributed by atoms with Gasteiger partial charge < -0.3 is 25.0 Å². The number of halogens is 2. The Morgan fingerprint density at radius 2 is 1.93 bits per heavy atom. The van der Waals surface area contributed by atoms with Crippen LogP contribution in [0.2, 0.25) is 0 Å². The van der Waals surface area contributed by atoms with Crippen molar-refractivity contribution in [1.29, 1.82) is 0 Å². The molecule has 0 fully saturated rings. The van der Waals surface area contributed by atoms with Gasteiger partial charge in [-0.3, -0.25) is 4.79 Å². The fourth-order valence-corrected chi connectivity index (χ4v) is 2.96. The first-order valence-corrected chi connectivity index (χ1v) is 9.64. The number of nitrogens with zero attached hydrogens (tertiary/aromatic N) is 1. The second-order valence-electron chi connectivity index (χ2n) is 5.98. The van der Waals surface area contributed by atoms with Crippen molar-refractivity contribution in [1.82, 2.24) is 10.2 Å². The van der Waals surface area contributed by atoms with Gasteiger partial charge in [-0.2, -0.15) is 0 Å². The number of thiocarbonyl (C=S) groups is 1. The summed E-state index contributed by atoms with van der Waals surface area (Å²) in [6, 6.07) is 6.44. The molecule has 2 N–H and O–H groups in total. The first-order valence-electron chi connectivity index (χ1n) is 8.36. The smallest absolute Gasteiger partial charge is 0.338 e. The highest BCUT2D eigenvalue weighted by Crippen LogP contribution is 2.31. The lowest BCUT2D eigenvalue weighted by molar-refractivity contribution is -0.140. The van der Waals surface area contributed by atoms with Crippen molar-refractivity contribution in [3.63, 3.8) is 0 Å². The fraction of sp³-hybridized carbons (Fsp3) is 0.389. The lowest BCUT2D eigenvalue weighted by Crippen LogP contribution is -2.46. The predicted octanol–water partition coefficient (Wildman–Crippen LogP) is 2.75. The Morgan fingerprint density at radius 1 is 1.29 bits per heavy atom. The Hall–Kier alpha value is -1.87. The van der Waals surface area contributed by atoms with Gasteiger partial charge in [-0.15, -0.1) is 0 Å². The minimum absolute atomic E-state index is 0.149. The van der Waals surface area contributed by atoms with E-state index in [1.165, 1.54) is 7.11 Å². The minimum Gasteiger partial charge on any atom is -0.460 e. The number of carbonyl (C=O) groups is 2. The van der Waals surface area contributed by atoms with E-state index in [9.17, 15) is 9.59 Å². The molecule has 1 unspecified atom stereocenters. The van der Waals surface area contributed by atoms with Crippen LogP contribution in [0.5, 0.6) is 0 Å². The fourth-order valence-electron chi connectivity index (χ4n) is 2.60. The third kappa shape index (κ3) is 5.35. The molecule has 1 amide bonds. The molecule has 10 heteroatoms. The molecule has 1 aromatic carbocycles. The number of hydrogen-bond acceptors (Lipinski definition) is 5. The van der Waals surface area contributed by atoms with E-state index in [1.807, 2.05) is 6.92 Å². The van der Waals surface area contributed by atoms with E-state index in [2.05, 4.69) is 10.6 Å². The average Bonchev–Trinajstić information content (AvgIpc) is 2.66. The number of esters is 1. The van der Waals surface area contributed by atoms with Crippen LogP contribution in [0.3, 0.4) is 0 Å². The number of nitrogens with one attached hydrogen (secondary N) is 2. The molecule has 7 nitrogen and oxygen atoms in total. The van der Waals surface area contributed by atoms with E-state index in [4.69, 9.17) is 44.9 Å². The summed E-state index contributed by atoms with van der Waals surface area (Å²) in [6.45, 7) is 2.26. The van der Waals surface area contributed by atoms with E-state index >= 15 is 0 Å². The molecule has 0 bridgehead atoms. The zero-order chi connectivity index (χ0) is 20.8. The summed E-state index contributed by atoms with van der Waals surface area (Å²) in [4.78, 5) is 24.8. The molecule has 1 aromatic rings. The van der Waals surface area contributed by atoms with Crippen LogP contribution < -0.4 is 10.6 Å². The highest BCUT2D eigenvalue weighted by atomic mass is 35.5. The normalized spacial score (nSPS) is 16.9. The SMILES string of the molecule is COCCOC(=O)C1=C(C)N(C)C(=S)NC1c1ccc(NC(=O)C(Cl)Cl)cc1. The third-order valence-electron chi connectivity index (χ3n) is 4.20. The molecule has 28 heavy (non-hydrogen) atoms. The maximum absolute atomic E-state index is 12.7. The number of rotatable bonds is 7. The van der Waals surface area contributed by atoms with Gasteiger partial charge in [0.25, 0.3) is 5.91 Å². The van der Waals surface area contributed by atoms with E-state index in [-0.39, 0.29) is 6.61 Å². The van der Waals surface area contributed by atoms with Gasteiger partial charge in [0, 0.05) is 25.5 Å². The van der Waals surface area contributed by atoms with Crippen molar-refractivity contribution in [3.8, 4) is 0 Å². The van der Waals surface area contributed by atoms with Crippen LogP contribution in [0.15, 0.2) is 35.5 Å².